The van der Waals surface area contributed by atoms with E-state index in [2.05, 4.69) is 0 Å². The van der Waals surface area contributed by atoms with Gasteiger partial charge in [0.25, 0.3) is 0 Å². The van der Waals surface area contributed by atoms with E-state index in [1.165, 1.54) is 19.3 Å². The number of likely N-dealkylation sites (tertiary alicyclic amines) is 1. The number of amides is 1. The minimum absolute atomic E-state index is 0.232. The van der Waals surface area contributed by atoms with Gasteiger partial charge in [0.15, 0.2) is 0 Å². The third kappa shape index (κ3) is 0.966. The van der Waals surface area contributed by atoms with Gasteiger partial charge in [0.2, 0.25) is 5.91 Å². The van der Waals surface area contributed by atoms with Crippen LogP contribution in [0.1, 0.15) is 32.1 Å². The Morgan fingerprint density at radius 2 is 2.15 bits per heavy atom. The maximum Gasteiger partial charge on any atom is 0.242 e. The Morgan fingerprint density at radius 3 is 2.77 bits per heavy atom. The summed E-state index contributed by atoms with van der Waals surface area (Å²) in [5, 5.41) is 0. The first-order chi connectivity index (χ1) is 6.21. The Kier molecular flexibility index (Phi) is 1.36. The zero-order valence-electron chi connectivity index (χ0n) is 7.83. The van der Waals surface area contributed by atoms with E-state index in [1.54, 1.807) is 0 Å². The lowest BCUT2D eigenvalue weighted by Gasteiger charge is -2.45. The van der Waals surface area contributed by atoms with Crippen molar-refractivity contribution in [3.63, 3.8) is 0 Å². The number of fused-ring (bicyclic) bond motifs is 1. The van der Waals surface area contributed by atoms with Crippen molar-refractivity contribution in [1.29, 1.82) is 0 Å². The van der Waals surface area contributed by atoms with Gasteiger partial charge in [-0.3, -0.25) is 4.79 Å². The second kappa shape index (κ2) is 2.27. The topological polar surface area (TPSA) is 46.3 Å². The zero-order valence-corrected chi connectivity index (χ0v) is 7.83. The average Bonchev–Trinajstić information content (AvgIpc) is 2.72. The van der Waals surface area contributed by atoms with E-state index in [-0.39, 0.29) is 5.91 Å². The molecule has 3 fully saturated rings. The van der Waals surface area contributed by atoms with Gasteiger partial charge in [0.1, 0.15) is 0 Å². The van der Waals surface area contributed by atoms with Crippen molar-refractivity contribution in [2.45, 2.75) is 43.7 Å². The Bertz CT molecular complexity index is 260. The number of nitrogens with zero attached hydrogens (tertiary/aromatic N) is 1. The minimum atomic E-state index is -0.437. The number of hydrogen-bond donors (Lipinski definition) is 1. The number of carbonyl (C=O) groups excluding carboxylic acids is 1. The fraction of sp³-hybridized carbons (Fsp3) is 0.900. The molecule has 2 N–H and O–H groups in total. The molecule has 0 aromatic carbocycles. The number of rotatable bonds is 1. The quantitative estimate of drug-likeness (QED) is 0.638. The summed E-state index contributed by atoms with van der Waals surface area (Å²) in [6.07, 6.45) is 5.65. The van der Waals surface area contributed by atoms with Crippen LogP contribution in [0.15, 0.2) is 0 Å². The summed E-state index contributed by atoms with van der Waals surface area (Å²) in [6.45, 7) is 0.989. The van der Waals surface area contributed by atoms with Crippen molar-refractivity contribution < 1.29 is 4.79 Å². The largest absolute Gasteiger partial charge is 0.337 e. The van der Waals surface area contributed by atoms with Crippen molar-refractivity contribution >= 4 is 5.91 Å². The first kappa shape index (κ1) is 7.80. The molecular weight excluding hydrogens is 164 g/mol. The lowest BCUT2D eigenvalue weighted by Crippen LogP contribution is -2.60. The van der Waals surface area contributed by atoms with Crippen LogP contribution in [0.4, 0.5) is 0 Å². The lowest BCUT2D eigenvalue weighted by molar-refractivity contribution is -0.144. The molecule has 2 aliphatic carbocycles. The van der Waals surface area contributed by atoms with Crippen LogP contribution in [0.5, 0.6) is 0 Å². The van der Waals surface area contributed by atoms with Gasteiger partial charge in [0.05, 0.1) is 5.54 Å². The fourth-order valence-corrected chi connectivity index (χ4v) is 2.76. The molecule has 3 heteroatoms. The Hall–Kier alpha value is -0.570. The van der Waals surface area contributed by atoms with Gasteiger partial charge < -0.3 is 10.6 Å². The Morgan fingerprint density at radius 1 is 1.38 bits per heavy atom. The highest BCUT2D eigenvalue weighted by Gasteiger charge is 2.54. The van der Waals surface area contributed by atoms with Crippen LogP contribution >= 0.6 is 0 Å². The summed E-state index contributed by atoms with van der Waals surface area (Å²) >= 11 is 0. The van der Waals surface area contributed by atoms with E-state index in [1.807, 2.05) is 4.90 Å². The molecule has 13 heavy (non-hydrogen) atoms. The summed E-state index contributed by atoms with van der Waals surface area (Å²) in [6, 6.07) is 0.563. The molecule has 0 spiro atoms. The van der Waals surface area contributed by atoms with Crippen LogP contribution in [-0.4, -0.2) is 28.9 Å². The van der Waals surface area contributed by atoms with E-state index in [4.69, 9.17) is 5.73 Å². The van der Waals surface area contributed by atoms with Gasteiger partial charge in [-0.15, -0.1) is 0 Å². The van der Waals surface area contributed by atoms with Gasteiger partial charge in [-0.25, -0.2) is 0 Å². The molecule has 0 radical (unpaired) electrons. The van der Waals surface area contributed by atoms with Crippen LogP contribution in [0, 0.1) is 5.92 Å². The molecule has 0 aromatic heterocycles. The second-order valence-corrected chi connectivity index (χ2v) is 4.87. The van der Waals surface area contributed by atoms with E-state index >= 15 is 0 Å². The molecule has 2 saturated carbocycles. The summed E-state index contributed by atoms with van der Waals surface area (Å²) in [5.74, 6) is 1.04. The average molecular weight is 180 g/mol. The maximum absolute atomic E-state index is 11.9. The second-order valence-electron chi connectivity index (χ2n) is 4.87. The van der Waals surface area contributed by atoms with E-state index in [0.29, 0.717) is 6.04 Å². The van der Waals surface area contributed by atoms with Gasteiger partial charge in [-0.2, -0.15) is 0 Å². The predicted octanol–water partition coefficient (Wildman–Crippen LogP) is 0.489. The number of hydrogen-bond acceptors (Lipinski definition) is 2. The summed E-state index contributed by atoms with van der Waals surface area (Å²) in [7, 11) is 0. The highest BCUT2D eigenvalue weighted by atomic mass is 16.2. The predicted molar refractivity (Wildman–Crippen MR) is 49.0 cm³/mol. The molecular formula is C10H16N2O. The molecule has 1 heterocycles. The van der Waals surface area contributed by atoms with Gasteiger partial charge in [0, 0.05) is 12.6 Å². The van der Waals surface area contributed by atoms with Crippen LogP contribution in [0.3, 0.4) is 0 Å². The summed E-state index contributed by atoms with van der Waals surface area (Å²) < 4.78 is 0. The smallest absolute Gasteiger partial charge is 0.242 e. The molecule has 1 aliphatic heterocycles. The molecule has 2 unspecified atom stereocenters. The van der Waals surface area contributed by atoms with E-state index in [0.717, 1.165) is 25.3 Å². The zero-order chi connectivity index (χ0) is 9.05. The fourth-order valence-electron chi connectivity index (χ4n) is 2.76. The molecule has 3 rings (SSSR count). The molecule has 3 nitrogen and oxygen atoms in total. The summed E-state index contributed by atoms with van der Waals surface area (Å²) in [4.78, 5) is 13.9. The SMILES string of the molecule is NC1(C(=O)N2CC3CCCC32)CC1. The van der Waals surface area contributed by atoms with Crippen LogP contribution in [0.25, 0.3) is 0 Å². The normalized spacial score (nSPS) is 39.6. The summed E-state index contributed by atoms with van der Waals surface area (Å²) in [5.41, 5.74) is 5.46. The van der Waals surface area contributed by atoms with Crippen molar-refractivity contribution in [2.75, 3.05) is 6.54 Å². The van der Waals surface area contributed by atoms with Gasteiger partial charge >= 0.3 is 0 Å². The number of carbonyl (C=O) groups is 1. The lowest BCUT2D eigenvalue weighted by atomic mass is 9.91. The Balaban J connectivity index is 1.70. The van der Waals surface area contributed by atoms with E-state index in [9.17, 15) is 4.79 Å². The van der Waals surface area contributed by atoms with Gasteiger partial charge in [-0.1, -0.05) is 6.42 Å². The van der Waals surface area contributed by atoms with Crippen molar-refractivity contribution in [3.8, 4) is 0 Å². The highest BCUT2D eigenvalue weighted by Crippen LogP contribution is 2.43. The van der Waals surface area contributed by atoms with Crippen molar-refractivity contribution in [2.24, 2.45) is 11.7 Å². The van der Waals surface area contributed by atoms with Crippen LogP contribution in [-0.2, 0) is 4.79 Å². The van der Waals surface area contributed by atoms with E-state index < -0.39 is 5.54 Å². The molecule has 72 valence electrons. The molecule has 1 amide bonds. The third-order valence-corrected chi connectivity index (χ3v) is 3.93. The van der Waals surface area contributed by atoms with Crippen molar-refractivity contribution in [3.05, 3.63) is 0 Å². The Labute approximate surface area is 78.3 Å². The van der Waals surface area contributed by atoms with Crippen LogP contribution in [0.2, 0.25) is 0 Å². The van der Waals surface area contributed by atoms with Crippen molar-refractivity contribution in [1.82, 2.24) is 4.90 Å². The molecule has 0 bridgehead atoms. The highest BCUT2D eigenvalue weighted by molar-refractivity contribution is 5.90. The maximum atomic E-state index is 11.9. The standard InChI is InChI=1S/C10H16N2O/c11-10(4-5-10)9(13)12-6-7-2-1-3-8(7)12/h7-8H,1-6,11H2. The molecule has 2 atom stereocenters. The molecule has 0 aromatic rings. The van der Waals surface area contributed by atoms with Crippen LogP contribution < -0.4 is 5.73 Å². The third-order valence-electron chi connectivity index (χ3n) is 3.93. The molecule has 3 aliphatic rings. The monoisotopic (exact) mass is 180 g/mol. The molecule has 1 saturated heterocycles. The minimum Gasteiger partial charge on any atom is -0.337 e. The first-order valence-electron chi connectivity index (χ1n) is 5.31. The first-order valence-corrected chi connectivity index (χ1v) is 5.31. The number of nitrogens with two attached hydrogens (primary N) is 1. The van der Waals surface area contributed by atoms with Gasteiger partial charge in [-0.05, 0) is 31.6 Å².